The van der Waals surface area contributed by atoms with Crippen LogP contribution in [-0.2, 0) is 0 Å². The van der Waals surface area contributed by atoms with Crippen LogP contribution in [0.15, 0.2) is 53.6 Å². The molecule has 3 rings (SSSR count). The molecule has 1 heterocycles. The van der Waals surface area contributed by atoms with E-state index in [1.807, 2.05) is 6.07 Å². The molecular formula is C19H20N4O3. The molecule has 1 fully saturated rings. The maximum atomic E-state index is 12.1. The monoisotopic (exact) mass is 352 g/mol. The minimum atomic E-state index is -0.431. The Kier molecular flexibility index (Phi) is 5.58. The molecule has 1 N–H and O–H groups in total. The van der Waals surface area contributed by atoms with Crippen LogP contribution in [0.3, 0.4) is 0 Å². The number of nitro groups is 1. The topological polar surface area (TPSA) is 87.8 Å². The molecule has 0 radical (unpaired) electrons. The van der Waals surface area contributed by atoms with Crippen LogP contribution in [0.25, 0.3) is 0 Å². The van der Waals surface area contributed by atoms with Crippen molar-refractivity contribution in [3.63, 3.8) is 0 Å². The van der Waals surface area contributed by atoms with E-state index in [0.717, 1.165) is 31.6 Å². The first-order valence-corrected chi connectivity index (χ1v) is 8.57. The van der Waals surface area contributed by atoms with E-state index in [1.165, 1.54) is 24.8 Å². The number of hydrazone groups is 1. The minimum absolute atomic E-state index is 0.00148. The van der Waals surface area contributed by atoms with Crippen molar-refractivity contribution in [3.8, 4) is 0 Å². The summed E-state index contributed by atoms with van der Waals surface area (Å²) in [7, 11) is 0. The van der Waals surface area contributed by atoms with Crippen LogP contribution in [0.5, 0.6) is 0 Å². The van der Waals surface area contributed by atoms with Crippen molar-refractivity contribution in [2.45, 2.75) is 19.3 Å². The van der Waals surface area contributed by atoms with Gasteiger partial charge in [0.15, 0.2) is 0 Å². The van der Waals surface area contributed by atoms with E-state index in [2.05, 4.69) is 15.4 Å². The lowest BCUT2D eigenvalue weighted by atomic mass is 10.1. The van der Waals surface area contributed by atoms with Crippen molar-refractivity contribution in [1.29, 1.82) is 0 Å². The maximum absolute atomic E-state index is 12.1. The Hall–Kier alpha value is -3.22. The number of benzene rings is 2. The number of carbonyl (C=O) groups is 1. The molecule has 26 heavy (non-hydrogen) atoms. The summed E-state index contributed by atoms with van der Waals surface area (Å²) in [6.07, 6.45) is 4.86. The number of amides is 1. The zero-order valence-electron chi connectivity index (χ0n) is 14.3. The van der Waals surface area contributed by atoms with Gasteiger partial charge in [-0.2, -0.15) is 5.10 Å². The van der Waals surface area contributed by atoms with Crippen molar-refractivity contribution < 1.29 is 9.72 Å². The summed E-state index contributed by atoms with van der Waals surface area (Å²) in [5.41, 5.74) is 4.49. The van der Waals surface area contributed by atoms with E-state index in [9.17, 15) is 14.9 Å². The molecule has 0 atom stereocenters. The molecule has 7 nitrogen and oxygen atoms in total. The molecule has 1 aliphatic heterocycles. The van der Waals surface area contributed by atoms with Crippen molar-refractivity contribution in [2.24, 2.45) is 5.10 Å². The average molecular weight is 352 g/mol. The summed E-state index contributed by atoms with van der Waals surface area (Å²) in [5.74, 6) is -0.327. The summed E-state index contributed by atoms with van der Waals surface area (Å²) < 4.78 is 0. The molecule has 0 unspecified atom stereocenters. The predicted molar refractivity (Wildman–Crippen MR) is 101 cm³/mol. The number of rotatable bonds is 5. The SMILES string of the molecule is O=C(N/N=C\c1cc([N+](=O)[O-])ccc1N1CCCCC1)c1ccccc1. The average Bonchev–Trinajstić information content (AvgIpc) is 2.69. The molecule has 1 amide bonds. The fourth-order valence-electron chi connectivity index (χ4n) is 3.00. The van der Waals surface area contributed by atoms with Gasteiger partial charge < -0.3 is 4.90 Å². The first-order valence-electron chi connectivity index (χ1n) is 8.57. The number of nitro benzene ring substituents is 1. The van der Waals surface area contributed by atoms with Gasteiger partial charge in [-0.15, -0.1) is 0 Å². The smallest absolute Gasteiger partial charge is 0.271 e. The lowest BCUT2D eigenvalue weighted by Gasteiger charge is -2.29. The third kappa shape index (κ3) is 4.24. The van der Waals surface area contributed by atoms with Crippen LogP contribution >= 0.6 is 0 Å². The zero-order valence-corrected chi connectivity index (χ0v) is 14.3. The van der Waals surface area contributed by atoms with Gasteiger partial charge in [-0.25, -0.2) is 5.43 Å². The third-order valence-electron chi connectivity index (χ3n) is 4.32. The van der Waals surface area contributed by atoms with Crippen molar-refractivity contribution in [1.82, 2.24) is 5.43 Å². The van der Waals surface area contributed by atoms with E-state index >= 15 is 0 Å². The first kappa shape index (κ1) is 17.6. The normalized spacial score (nSPS) is 14.4. The number of nitrogens with one attached hydrogen (secondary N) is 1. The highest BCUT2D eigenvalue weighted by Gasteiger charge is 2.17. The molecule has 0 saturated carbocycles. The van der Waals surface area contributed by atoms with E-state index < -0.39 is 4.92 Å². The van der Waals surface area contributed by atoms with Crippen molar-refractivity contribution in [2.75, 3.05) is 18.0 Å². The van der Waals surface area contributed by atoms with Crippen LogP contribution in [0.4, 0.5) is 11.4 Å². The van der Waals surface area contributed by atoms with Gasteiger partial charge in [-0.05, 0) is 37.5 Å². The molecule has 0 bridgehead atoms. The number of nitrogens with zero attached hydrogens (tertiary/aromatic N) is 3. The van der Waals surface area contributed by atoms with Crippen molar-refractivity contribution in [3.05, 3.63) is 69.8 Å². The number of non-ortho nitro benzene ring substituents is 1. The standard InChI is InChI=1S/C19H20N4O3/c24-19(15-7-3-1-4-8-15)21-20-14-16-13-17(23(25)26)9-10-18(16)22-11-5-2-6-12-22/h1,3-4,7-10,13-14H,2,5-6,11-12H2,(H,21,24)/b20-14-. The number of hydrogen-bond acceptors (Lipinski definition) is 5. The van der Waals surface area contributed by atoms with Crippen LogP contribution in [0.2, 0.25) is 0 Å². The Bertz CT molecular complexity index is 815. The lowest BCUT2D eigenvalue weighted by Crippen LogP contribution is -2.30. The molecule has 7 heteroatoms. The van der Waals surface area contributed by atoms with Gasteiger partial charge in [0.05, 0.1) is 11.1 Å². The van der Waals surface area contributed by atoms with E-state index in [4.69, 9.17) is 0 Å². The second-order valence-electron chi connectivity index (χ2n) is 6.11. The molecule has 1 aliphatic rings. The molecule has 134 valence electrons. The van der Waals surface area contributed by atoms with Gasteiger partial charge in [-0.1, -0.05) is 18.2 Å². The molecule has 0 aliphatic carbocycles. The number of carbonyl (C=O) groups excluding carboxylic acids is 1. The van der Waals surface area contributed by atoms with Crippen molar-refractivity contribution >= 4 is 23.5 Å². The molecule has 2 aromatic carbocycles. The van der Waals surface area contributed by atoms with E-state index in [0.29, 0.717) is 11.1 Å². The largest absolute Gasteiger partial charge is 0.371 e. The molecule has 2 aromatic rings. The van der Waals surface area contributed by atoms with Gasteiger partial charge in [0.2, 0.25) is 0 Å². The molecular weight excluding hydrogens is 332 g/mol. The van der Waals surface area contributed by atoms with Crippen LogP contribution in [-0.4, -0.2) is 30.1 Å². The fourth-order valence-corrected chi connectivity index (χ4v) is 3.00. The summed E-state index contributed by atoms with van der Waals surface area (Å²) in [6.45, 7) is 1.82. The van der Waals surface area contributed by atoms with Gasteiger partial charge in [0, 0.05) is 42.0 Å². The zero-order chi connectivity index (χ0) is 18.4. The quantitative estimate of drug-likeness (QED) is 0.508. The molecule has 0 spiro atoms. The Labute approximate surface area is 151 Å². The van der Waals surface area contributed by atoms with Crippen LogP contribution in [0, 0.1) is 10.1 Å². The van der Waals surface area contributed by atoms with E-state index in [1.54, 1.807) is 30.3 Å². The van der Waals surface area contributed by atoms with Gasteiger partial charge in [-0.3, -0.25) is 14.9 Å². The van der Waals surface area contributed by atoms with Gasteiger partial charge in [0.1, 0.15) is 0 Å². The highest BCUT2D eigenvalue weighted by Crippen LogP contribution is 2.26. The summed E-state index contributed by atoms with van der Waals surface area (Å²) in [6, 6.07) is 13.5. The molecule has 1 saturated heterocycles. The first-order chi connectivity index (χ1) is 12.6. The van der Waals surface area contributed by atoms with Crippen LogP contribution in [0.1, 0.15) is 35.2 Å². The number of hydrogen-bond donors (Lipinski definition) is 1. The maximum Gasteiger partial charge on any atom is 0.271 e. The predicted octanol–water partition coefficient (Wildman–Crippen LogP) is 3.35. The summed E-state index contributed by atoms with van der Waals surface area (Å²) >= 11 is 0. The second kappa shape index (κ2) is 8.24. The van der Waals surface area contributed by atoms with Gasteiger partial charge in [0.25, 0.3) is 11.6 Å². The Balaban J connectivity index is 1.80. The van der Waals surface area contributed by atoms with Crippen LogP contribution < -0.4 is 10.3 Å². The Morgan fingerprint density at radius 1 is 1.12 bits per heavy atom. The Morgan fingerprint density at radius 2 is 1.85 bits per heavy atom. The molecule has 0 aromatic heterocycles. The van der Waals surface area contributed by atoms with Gasteiger partial charge >= 0.3 is 0 Å². The fraction of sp³-hybridized carbons (Fsp3) is 0.263. The lowest BCUT2D eigenvalue weighted by molar-refractivity contribution is -0.384. The second-order valence-corrected chi connectivity index (χ2v) is 6.11. The summed E-state index contributed by atoms with van der Waals surface area (Å²) in [4.78, 5) is 24.9. The number of anilines is 1. The highest BCUT2D eigenvalue weighted by molar-refractivity contribution is 5.95. The number of piperidine rings is 1. The Morgan fingerprint density at radius 3 is 2.54 bits per heavy atom. The summed E-state index contributed by atoms with van der Waals surface area (Å²) in [5, 5.41) is 15.1. The van der Waals surface area contributed by atoms with E-state index in [-0.39, 0.29) is 11.6 Å². The highest BCUT2D eigenvalue weighted by atomic mass is 16.6. The third-order valence-corrected chi connectivity index (χ3v) is 4.32. The minimum Gasteiger partial charge on any atom is -0.371 e.